The summed E-state index contributed by atoms with van der Waals surface area (Å²) in [6.07, 6.45) is 4.26. The van der Waals surface area contributed by atoms with E-state index in [1.807, 2.05) is 0 Å². The Morgan fingerprint density at radius 3 is 2.56 bits per heavy atom. The maximum absolute atomic E-state index is 12.8. The Labute approximate surface area is 242 Å². The van der Waals surface area contributed by atoms with Gasteiger partial charge in [-0.2, -0.15) is 0 Å². The van der Waals surface area contributed by atoms with Gasteiger partial charge in [0.1, 0.15) is 18.6 Å². The molecule has 1 aromatic rings. The number of aliphatic hydroxyl groups excluding tert-OH is 1. The number of rotatable bonds is 11. The number of hydrogen-bond donors (Lipinski definition) is 8. The molecule has 41 heavy (non-hydrogen) atoms. The van der Waals surface area contributed by atoms with Crippen LogP contribution in [0.4, 0.5) is 0 Å². The van der Waals surface area contributed by atoms with Crippen molar-refractivity contribution in [2.75, 3.05) is 12.3 Å². The molecule has 4 rings (SSSR count). The number of phenolic OH excluding ortho intramolecular Hbond substituents is 2. The zero-order valence-corrected chi connectivity index (χ0v) is 23.8. The highest BCUT2D eigenvalue weighted by Gasteiger charge is 2.54. The number of nitrogens with two attached hydrogens (primary N) is 1. The van der Waals surface area contributed by atoms with Crippen LogP contribution in [0.2, 0.25) is 0 Å². The number of aromatic hydroxyl groups is 2. The fourth-order valence-corrected chi connectivity index (χ4v) is 8.31. The normalized spacial score (nSPS) is 28.0. The van der Waals surface area contributed by atoms with Gasteiger partial charge in [-0.1, -0.05) is 6.92 Å². The molecule has 7 atom stereocenters. The monoisotopic (exact) mass is 593 g/mol. The van der Waals surface area contributed by atoms with Gasteiger partial charge in [-0.3, -0.25) is 19.2 Å². The van der Waals surface area contributed by atoms with E-state index in [0.717, 1.165) is 55.0 Å². The minimum absolute atomic E-state index is 0.0768. The zero-order chi connectivity index (χ0) is 30.1. The van der Waals surface area contributed by atoms with Gasteiger partial charge in [0.25, 0.3) is 0 Å². The van der Waals surface area contributed by atoms with Crippen LogP contribution in [0.1, 0.15) is 68.9 Å². The van der Waals surface area contributed by atoms with Crippen LogP contribution in [0.5, 0.6) is 11.5 Å². The van der Waals surface area contributed by atoms with E-state index in [2.05, 4.69) is 17.6 Å². The third-order valence-corrected chi connectivity index (χ3v) is 10.6. The van der Waals surface area contributed by atoms with Gasteiger partial charge in [-0.25, -0.2) is 0 Å². The lowest BCUT2D eigenvalue weighted by Crippen LogP contribution is -2.49. The van der Waals surface area contributed by atoms with E-state index < -0.39 is 42.4 Å². The highest BCUT2D eigenvalue weighted by Crippen LogP contribution is 2.62. The molecule has 0 aromatic heterocycles. The Hall–Kier alpha value is -3.03. The molecule has 0 saturated heterocycles. The smallest absolute Gasteiger partial charge is 0.322 e. The molecule has 12 nitrogen and oxygen atoms in total. The molecule has 0 spiro atoms. The van der Waals surface area contributed by atoms with Gasteiger partial charge in [0.05, 0.1) is 11.0 Å². The van der Waals surface area contributed by atoms with Crippen molar-refractivity contribution in [3.8, 4) is 11.5 Å². The number of carboxylic acids is 2. The van der Waals surface area contributed by atoms with Gasteiger partial charge in [-0.05, 0) is 85.3 Å². The van der Waals surface area contributed by atoms with Crippen LogP contribution in [0, 0.1) is 17.3 Å². The molecule has 2 saturated carbocycles. The Balaban J connectivity index is 1.53. The summed E-state index contributed by atoms with van der Waals surface area (Å²) < 4.78 is 0. The summed E-state index contributed by atoms with van der Waals surface area (Å²) in [6, 6.07) is -0.819. The van der Waals surface area contributed by atoms with E-state index in [-0.39, 0.29) is 47.5 Å². The maximum Gasteiger partial charge on any atom is 0.322 e. The van der Waals surface area contributed by atoms with Crippen molar-refractivity contribution >= 4 is 35.5 Å². The van der Waals surface area contributed by atoms with Crippen LogP contribution in [0.3, 0.4) is 0 Å². The van der Waals surface area contributed by atoms with Crippen LogP contribution in [-0.4, -0.2) is 79.8 Å². The molecule has 0 aliphatic heterocycles. The Morgan fingerprint density at radius 1 is 1.15 bits per heavy atom. The number of carbonyl (C=O) groups is 4. The minimum atomic E-state index is -1.27. The number of fused-ring (bicyclic) bond motifs is 5. The number of hydrogen-bond acceptors (Lipinski definition) is 9. The average Bonchev–Trinajstić information content (AvgIpc) is 3.23. The largest absolute Gasteiger partial charge is 0.504 e. The van der Waals surface area contributed by atoms with Crippen molar-refractivity contribution in [2.45, 2.75) is 87.3 Å². The second kappa shape index (κ2) is 12.5. The number of carboxylic acid groups (broad SMARTS) is 2. The topological polar surface area (TPSA) is 220 Å². The highest BCUT2D eigenvalue weighted by molar-refractivity contribution is 7.99. The van der Waals surface area contributed by atoms with E-state index in [1.165, 1.54) is 0 Å². The molecule has 1 aromatic carbocycles. The summed E-state index contributed by atoms with van der Waals surface area (Å²) in [5, 5.41) is 54.9. The Morgan fingerprint density at radius 2 is 1.88 bits per heavy atom. The van der Waals surface area contributed by atoms with Crippen LogP contribution in [0.25, 0.3) is 0 Å². The molecule has 0 bridgehead atoms. The molecule has 2 amide bonds. The number of aliphatic carboxylic acids is 2. The molecule has 3 aliphatic carbocycles. The average molecular weight is 594 g/mol. The van der Waals surface area contributed by atoms with Crippen LogP contribution < -0.4 is 16.4 Å². The lowest BCUT2D eigenvalue weighted by atomic mass is 9.55. The molecule has 0 heterocycles. The van der Waals surface area contributed by atoms with Crippen LogP contribution >= 0.6 is 11.8 Å². The van der Waals surface area contributed by atoms with Gasteiger partial charge in [-0.15, -0.1) is 11.8 Å². The van der Waals surface area contributed by atoms with Crippen molar-refractivity contribution in [3.05, 3.63) is 17.2 Å². The molecule has 2 fully saturated rings. The summed E-state index contributed by atoms with van der Waals surface area (Å²) in [5.74, 6) is -3.68. The van der Waals surface area contributed by atoms with E-state index in [0.29, 0.717) is 23.2 Å². The predicted molar refractivity (Wildman–Crippen MR) is 149 cm³/mol. The molecule has 9 N–H and O–H groups in total. The van der Waals surface area contributed by atoms with E-state index in [4.69, 9.17) is 15.9 Å². The number of nitrogens with one attached hydrogen (secondary N) is 2. The second-order valence-electron chi connectivity index (χ2n) is 11.7. The number of aliphatic hydroxyl groups is 1. The third-order valence-electron chi connectivity index (χ3n) is 9.35. The first-order chi connectivity index (χ1) is 19.3. The summed E-state index contributed by atoms with van der Waals surface area (Å²) in [6.45, 7) is 1.51. The van der Waals surface area contributed by atoms with Crippen LogP contribution in [-0.2, 0) is 25.6 Å². The first-order valence-electron chi connectivity index (χ1n) is 14.0. The number of phenols is 2. The van der Waals surface area contributed by atoms with Crippen molar-refractivity contribution in [2.24, 2.45) is 23.0 Å². The van der Waals surface area contributed by atoms with E-state index >= 15 is 0 Å². The molecule has 0 unspecified atom stereocenters. The molecule has 13 heteroatoms. The number of amides is 2. The first-order valence-corrected chi connectivity index (χ1v) is 15.0. The van der Waals surface area contributed by atoms with Crippen LogP contribution in [0.15, 0.2) is 11.0 Å². The molecular formula is C28H39N3O9S. The quantitative estimate of drug-likeness (QED) is 0.135. The third kappa shape index (κ3) is 6.41. The Bertz CT molecular complexity index is 1210. The van der Waals surface area contributed by atoms with Crippen molar-refractivity contribution in [1.29, 1.82) is 0 Å². The highest BCUT2D eigenvalue weighted by atomic mass is 32.2. The summed E-state index contributed by atoms with van der Waals surface area (Å²) in [4.78, 5) is 47.7. The fourth-order valence-electron chi connectivity index (χ4n) is 7.11. The van der Waals surface area contributed by atoms with Gasteiger partial charge in [0.2, 0.25) is 11.8 Å². The molecule has 226 valence electrons. The van der Waals surface area contributed by atoms with Crippen molar-refractivity contribution < 1.29 is 44.7 Å². The number of carbonyl (C=O) groups excluding carboxylic acids is 2. The molecule has 3 aliphatic rings. The minimum Gasteiger partial charge on any atom is -0.504 e. The zero-order valence-electron chi connectivity index (χ0n) is 23.0. The van der Waals surface area contributed by atoms with Gasteiger partial charge >= 0.3 is 11.9 Å². The predicted octanol–water partition coefficient (Wildman–Crippen LogP) is 1.28. The van der Waals surface area contributed by atoms with E-state index in [1.54, 1.807) is 6.07 Å². The molecular weight excluding hydrogens is 554 g/mol. The fraction of sp³-hybridized carbons (Fsp3) is 0.643. The lowest BCUT2D eigenvalue weighted by molar-refractivity contribution is -0.139. The van der Waals surface area contributed by atoms with Gasteiger partial charge < -0.3 is 41.9 Å². The second-order valence-corrected chi connectivity index (χ2v) is 12.8. The maximum atomic E-state index is 12.8. The standard InChI is InChI=1S/C28H39N3O9S/c1-28-9-8-13-14(17(28)4-6-21(28)33)2-3-15-16(13)10-20(32)24(37)25(15)41-12-19(26(38)30-11-23(35)36)31-22(34)7-5-18(29)27(39)40/h10,13-14,17-19,21,32-33,37H,2-9,11-12,29H2,1H3,(H,30,38)(H,31,34)(H,35,36)(H,39,40)/t13-,14+,17-,18-,19-,21-,28-/m0/s1. The number of benzene rings is 1. The summed E-state index contributed by atoms with van der Waals surface area (Å²) in [7, 11) is 0. The van der Waals surface area contributed by atoms with Crippen molar-refractivity contribution in [1.82, 2.24) is 10.6 Å². The van der Waals surface area contributed by atoms with E-state index in [9.17, 15) is 34.5 Å². The molecule has 0 radical (unpaired) electrons. The summed E-state index contributed by atoms with van der Waals surface area (Å²) >= 11 is 1.08. The van der Waals surface area contributed by atoms with Crippen molar-refractivity contribution in [3.63, 3.8) is 0 Å². The Kier molecular flexibility index (Phi) is 9.39. The number of thioether (sulfide) groups is 1. The summed E-state index contributed by atoms with van der Waals surface area (Å²) in [5.41, 5.74) is 7.20. The van der Waals surface area contributed by atoms with Gasteiger partial charge in [0, 0.05) is 12.2 Å². The first kappa shape index (κ1) is 30.9. The SMILES string of the molecule is C[C@]12CC[C@@H]3c4cc(O)c(O)c(SC[C@H](NC(=O)CC[C@H](N)C(=O)O)C(=O)NCC(=O)O)c4CC[C@H]3[C@@H]1CC[C@@H]2O. The van der Waals surface area contributed by atoms with Gasteiger partial charge in [0.15, 0.2) is 11.5 Å². The lowest BCUT2D eigenvalue weighted by Gasteiger charge is -2.50.